The first-order chi connectivity index (χ1) is 27.5. The lowest BCUT2D eigenvalue weighted by Gasteiger charge is -2.45. The molecule has 7 aromatic rings. The zero-order valence-electron chi connectivity index (χ0n) is 31.8. The molecule has 3 saturated carbocycles. The van der Waals surface area contributed by atoms with Gasteiger partial charge in [-0.1, -0.05) is 147 Å². The SMILES string of the molecule is C[C@]12C[C@H]3CC1CCCC(c1ccc(-c4nc(-c5ccccc5)cc(-c5ccc6c(c5)Oc5ccccc5C65c6ccccc6-c6ccccc65)n4)cc1)(C3)C2. The highest BCUT2D eigenvalue weighted by Gasteiger charge is 2.56. The van der Waals surface area contributed by atoms with Crippen molar-refractivity contribution in [2.24, 2.45) is 17.3 Å². The van der Waals surface area contributed by atoms with Crippen LogP contribution in [0.25, 0.3) is 45.0 Å². The van der Waals surface area contributed by atoms with Gasteiger partial charge < -0.3 is 4.74 Å². The molecule has 3 bridgehead atoms. The summed E-state index contributed by atoms with van der Waals surface area (Å²) in [5, 5.41) is 0. The van der Waals surface area contributed by atoms with Crippen LogP contribution in [0.4, 0.5) is 0 Å². The largest absolute Gasteiger partial charge is 0.457 e. The molecular formula is C53H44N2O. The maximum Gasteiger partial charge on any atom is 0.160 e. The van der Waals surface area contributed by atoms with Crippen LogP contribution in [0.5, 0.6) is 11.5 Å². The van der Waals surface area contributed by atoms with Crippen molar-refractivity contribution in [1.29, 1.82) is 0 Å². The molecule has 0 amide bonds. The van der Waals surface area contributed by atoms with Crippen molar-refractivity contribution >= 4 is 0 Å². The van der Waals surface area contributed by atoms with Crippen molar-refractivity contribution in [2.75, 3.05) is 0 Å². The van der Waals surface area contributed by atoms with Crippen LogP contribution in [0.15, 0.2) is 152 Å². The molecule has 1 aromatic heterocycles. The Morgan fingerprint density at radius 2 is 1.21 bits per heavy atom. The standard InChI is InChI=1S/C53H44N2O/c1-51-31-34-28-39(51)14-11-27-52(32-34,33-51)38-24-21-36(22-25-38)50-54-46(35-12-3-2-4-13-35)30-47(55-50)37-23-26-45-49(29-37)56-48-20-10-9-19-44(48)53(45)42-17-7-5-15-40(42)41-16-6-8-18-43(41)53/h2-10,12-13,15-26,29-30,34,39H,11,14,27-28,31-33H2,1H3/t34-,39?,51-,52?/m1/s1. The van der Waals surface area contributed by atoms with Crippen LogP contribution in [0.2, 0.25) is 0 Å². The van der Waals surface area contributed by atoms with Gasteiger partial charge in [0.1, 0.15) is 11.5 Å². The Kier molecular flexibility index (Phi) is 6.87. The number of para-hydroxylation sites is 1. The van der Waals surface area contributed by atoms with Gasteiger partial charge in [0.25, 0.3) is 0 Å². The van der Waals surface area contributed by atoms with Gasteiger partial charge in [-0.15, -0.1) is 0 Å². The smallest absolute Gasteiger partial charge is 0.160 e. The van der Waals surface area contributed by atoms with E-state index in [1.54, 1.807) is 0 Å². The molecule has 3 heteroatoms. The predicted octanol–water partition coefficient (Wildman–Crippen LogP) is 13.2. The Labute approximate surface area is 329 Å². The molecule has 0 radical (unpaired) electrons. The molecule has 4 aliphatic carbocycles. The Morgan fingerprint density at radius 3 is 1.98 bits per heavy atom. The van der Waals surface area contributed by atoms with Gasteiger partial charge in [-0.3, -0.25) is 0 Å². The highest BCUT2D eigenvalue weighted by molar-refractivity contribution is 5.89. The zero-order valence-corrected chi connectivity index (χ0v) is 31.8. The lowest BCUT2D eigenvalue weighted by molar-refractivity contribution is 0.123. The summed E-state index contributed by atoms with van der Waals surface area (Å²) in [5.74, 6) is 4.30. The first-order valence-corrected chi connectivity index (χ1v) is 20.7. The number of aromatic nitrogens is 2. The lowest BCUT2D eigenvalue weighted by Crippen LogP contribution is -2.37. The predicted molar refractivity (Wildman–Crippen MR) is 225 cm³/mol. The summed E-state index contributed by atoms with van der Waals surface area (Å²) in [5.41, 5.74) is 14.3. The van der Waals surface area contributed by atoms with E-state index in [1.807, 2.05) is 0 Å². The molecule has 272 valence electrons. The van der Waals surface area contributed by atoms with Gasteiger partial charge in [-0.25, -0.2) is 9.97 Å². The monoisotopic (exact) mass is 724 g/mol. The minimum absolute atomic E-state index is 0.304. The van der Waals surface area contributed by atoms with E-state index in [1.165, 1.54) is 78.3 Å². The van der Waals surface area contributed by atoms with Crippen molar-refractivity contribution in [2.45, 2.75) is 62.7 Å². The molecular weight excluding hydrogens is 681 g/mol. The minimum Gasteiger partial charge on any atom is -0.457 e. The normalized spacial score (nSPS) is 24.4. The van der Waals surface area contributed by atoms with Gasteiger partial charge >= 0.3 is 0 Å². The number of benzene rings is 6. The third-order valence-electron chi connectivity index (χ3n) is 14.7. The second-order valence-electron chi connectivity index (χ2n) is 17.8. The van der Waals surface area contributed by atoms with Crippen LogP contribution in [0.1, 0.15) is 79.7 Å². The minimum atomic E-state index is -0.489. The van der Waals surface area contributed by atoms with Crippen molar-refractivity contribution < 1.29 is 4.74 Å². The third-order valence-corrected chi connectivity index (χ3v) is 14.7. The Hall–Kier alpha value is -5.80. The third kappa shape index (κ3) is 4.58. The molecule has 0 saturated heterocycles. The van der Waals surface area contributed by atoms with Crippen LogP contribution in [0, 0.1) is 17.3 Å². The van der Waals surface area contributed by atoms with Gasteiger partial charge in [0.05, 0.1) is 16.8 Å². The van der Waals surface area contributed by atoms with E-state index in [2.05, 4.69) is 159 Å². The van der Waals surface area contributed by atoms with Gasteiger partial charge in [-0.05, 0) is 107 Å². The van der Waals surface area contributed by atoms with Gasteiger partial charge in [0.15, 0.2) is 5.82 Å². The second-order valence-corrected chi connectivity index (χ2v) is 17.8. The fourth-order valence-electron chi connectivity index (χ4n) is 12.5. The highest BCUT2D eigenvalue weighted by Crippen LogP contribution is 2.66. The number of ether oxygens (including phenoxy) is 1. The molecule has 56 heavy (non-hydrogen) atoms. The Balaban J connectivity index is 0.989. The van der Waals surface area contributed by atoms with E-state index in [9.17, 15) is 0 Å². The summed E-state index contributed by atoms with van der Waals surface area (Å²) in [4.78, 5) is 10.6. The quantitative estimate of drug-likeness (QED) is 0.181. The summed E-state index contributed by atoms with van der Waals surface area (Å²) < 4.78 is 6.87. The molecule has 3 fully saturated rings. The van der Waals surface area contributed by atoms with Gasteiger partial charge in [0.2, 0.25) is 0 Å². The zero-order chi connectivity index (χ0) is 37.1. The van der Waals surface area contributed by atoms with Crippen LogP contribution in [-0.2, 0) is 10.8 Å². The van der Waals surface area contributed by atoms with Crippen molar-refractivity contribution in [3.63, 3.8) is 0 Å². The summed E-state index contributed by atoms with van der Waals surface area (Å²) in [7, 11) is 0. The molecule has 2 heterocycles. The number of nitrogens with zero attached hydrogens (tertiary/aromatic N) is 2. The maximum atomic E-state index is 6.87. The average molecular weight is 725 g/mol. The summed E-state index contributed by atoms with van der Waals surface area (Å²) in [6, 6.07) is 55.1. The molecule has 6 aromatic carbocycles. The molecule has 2 unspecified atom stereocenters. The van der Waals surface area contributed by atoms with Crippen LogP contribution in [0.3, 0.4) is 0 Å². The Morgan fingerprint density at radius 1 is 0.571 bits per heavy atom. The highest BCUT2D eigenvalue weighted by atomic mass is 16.5. The topological polar surface area (TPSA) is 35.0 Å². The van der Waals surface area contributed by atoms with Gasteiger partial charge in [0, 0.05) is 27.8 Å². The number of hydrogen-bond acceptors (Lipinski definition) is 3. The van der Waals surface area contributed by atoms with E-state index in [0.717, 1.165) is 62.8 Å². The molecule has 1 spiro atoms. The maximum absolute atomic E-state index is 6.87. The summed E-state index contributed by atoms with van der Waals surface area (Å²) >= 11 is 0. The molecule has 0 N–H and O–H groups in total. The first kappa shape index (κ1) is 32.4. The summed E-state index contributed by atoms with van der Waals surface area (Å²) in [6.45, 7) is 2.60. The number of hydrogen-bond donors (Lipinski definition) is 0. The van der Waals surface area contributed by atoms with E-state index in [-0.39, 0.29) is 0 Å². The Bertz CT molecular complexity index is 2650. The number of rotatable bonds is 4. The molecule has 3 nitrogen and oxygen atoms in total. The van der Waals surface area contributed by atoms with E-state index < -0.39 is 5.41 Å². The van der Waals surface area contributed by atoms with Gasteiger partial charge in [-0.2, -0.15) is 0 Å². The van der Waals surface area contributed by atoms with Crippen LogP contribution < -0.4 is 4.74 Å². The van der Waals surface area contributed by atoms with E-state index in [4.69, 9.17) is 14.7 Å². The molecule has 5 aliphatic rings. The van der Waals surface area contributed by atoms with Crippen LogP contribution in [-0.4, -0.2) is 9.97 Å². The molecule has 1 aliphatic heterocycles. The average Bonchev–Trinajstić information content (AvgIpc) is 3.63. The molecule has 12 rings (SSSR count). The van der Waals surface area contributed by atoms with E-state index in [0.29, 0.717) is 10.8 Å². The van der Waals surface area contributed by atoms with E-state index >= 15 is 0 Å². The fourth-order valence-corrected chi connectivity index (χ4v) is 12.5. The lowest BCUT2D eigenvalue weighted by atomic mass is 9.59. The van der Waals surface area contributed by atoms with Crippen molar-refractivity contribution in [3.05, 3.63) is 179 Å². The molecule has 4 atom stereocenters. The number of fused-ring (bicyclic) bond motifs is 11. The van der Waals surface area contributed by atoms with Crippen molar-refractivity contribution in [1.82, 2.24) is 9.97 Å². The summed E-state index contributed by atoms with van der Waals surface area (Å²) in [6.07, 6.45) is 9.67. The second kappa shape index (κ2) is 11.9. The van der Waals surface area contributed by atoms with Crippen molar-refractivity contribution in [3.8, 4) is 56.5 Å². The fraction of sp³-hybridized carbons (Fsp3) is 0.245. The first-order valence-electron chi connectivity index (χ1n) is 20.7. The van der Waals surface area contributed by atoms with Crippen LogP contribution >= 0.6 is 0 Å².